The molecule has 0 bridgehead atoms. The van der Waals surface area contributed by atoms with Gasteiger partial charge in [0.15, 0.2) is 0 Å². The predicted octanol–water partition coefficient (Wildman–Crippen LogP) is 8.93. The number of ketones is 2. The van der Waals surface area contributed by atoms with Gasteiger partial charge in [0.2, 0.25) is 17.7 Å². The first kappa shape index (κ1) is 122. The van der Waals surface area contributed by atoms with Crippen LogP contribution in [0.5, 0.6) is 0 Å². The molecular weight excluding hydrogens is 2120 g/mol. The first-order chi connectivity index (χ1) is 51.1. The number of thioether (sulfide) groups is 6. The van der Waals surface area contributed by atoms with Crippen LogP contribution >= 0.6 is 169 Å². The molecule has 1 fully saturated rings. The normalized spacial score (nSPS) is 11.3. The van der Waals surface area contributed by atoms with Gasteiger partial charge in [0.1, 0.15) is 26.9 Å². The Morgan fingerprint density at radius 1 is 0.580 bits per heavy atom. The summed E-state index contributed by atoms with van der Waals surface area (Å²) in [7, 11) is -5.24. The van der Waals surface area contributed by atoms with E-state index in [9.17, 15) is 51.3 Å². The van der Waals surface area contributed by atoms with Gasteiger partial charge in [-0.1, -0.05) is 106 Å². The zero-order valence-corrected chi connectivity index (χ0v) is 84.2. The molecule has 1 atom stereocenters. The Kier molecular flexibility index (Phi) is 156. The zero-order chi connectivity index (χ0) is 87.4. The molecule has 612 valence electrons. The molecule has 1 aliphatic heterocycles. The molecule has 1 rings (SSSR count). The van der Waals surface area contributed by atoms with Crippen molar-refractivity contribution in [2.45, 2.75) is 209 Å². The van der Waals surface area contributed by atoms with Gasteiger partial charge < -0.3 is 56.0 Å². The molecule has 0 radical (unpaired) electrons. The molecule has 1 aliphatic rings. The third-order valence-corrected chi connectivity index (χ3v) is 14.8. The number of rotatable bonds is 38. The molecular formula is C64H142I6N4NaO18S7-. The summed E-state index contributed by atoms with van der Waals surface area (Å²) in [5.74, 6) is 2.91. The summed E-state index contributed by atoms with van der Waals surface area (Å²) in [6, 6.07) is 0. The van der Waals surface area contributed by atoms with E-state index in [1.807, 2.05) is 79.1 Å². The number of allylic oxidation sites excluding steroid dienone is 2. The van der Waals surface area contributed by atoms with Gasteiger partial charge in [0, 0.05) is 157 Å². The van der Waals surface area contributed by atoms with E-state index in [1.165, 1.54) is 5.57 Å². The molecule has 9 N–H and O–H groups in total. The Morgan fingerprint density at radius 2 is 0.820 bits per heavy atom. The largest absolute Gasteiger partial charge is 1.00 e. The van der Waals surface area contributed by atoms with Crippen molar-refractivity contribution in [3.63, 3.8) is 0 Å². The average molecular weight is 2280 g/mol. The van der Waals surface area contributed by atoms with E-state index in [1.54, 1.807) is 70.6 Å². The molecule has 0 aromatic rings. The summed E-state index contributed by atoms with van der Waals surface area (Å²) in [4.78, 5) is 94.1. The number of unbranched alkanes of at least 4 members (excludes halogenated alkanes) is 9. The van der Waals surface area contributed by atoms with E-state index in [-0.39, 0.29) is 110 Å². The minimum absolute atomic E-state index is 0. The van der Waals surface area contributed by atoms with Crippen LogP contribution in [0.3, 0.4) is 0 Å². The maximum atomic E-state index is 11.6. The Morgan fingerprint density at radius 3 is 0.980 bits per heavy atom. The van der Waals surface area contributed by atoms with E-state index in [0.29, 0.717) is 135 Å². The molecule has 0 aliphatic carbocycles. The quantitative estimate of drug-likeness (QED) is 0.00695. The van der Waals surface area contributed by atoms with Gasteiger partial charge in [-0.15, -0.1) is 29.0 Å². The van der Waals surface area contributed by atoms with Crippen LogP contribution in [-0.2, 0) is 53.3 Å². The number of amides is 5. The van der Waals surface area contributed by atoms with Crippen LogP contribution in [0.4, 0.5) is 0 Å². The van der Waals surface area contributed by atoms with E-state index >= 15 is 0 Å². The van der Waals surface area contributed by atoms with Gasteiger partial charge in [0.05, 0.1) is 46.1 Å². The maximum absolute atomic E-state index is 11.6. The van der Waals surface area contributed by atoms with E-state index in [2.05, 4.69) is 129 Å². The monoisotopic (exact) mass is 2280 g/mol. The number of hydrogen-bond acceptors (Lipinski definition) is 24. The van der Waals surface area contributed by atoms with Crippen molar-refractivity contribution in [2.75, 3.05) is 133 Å². The van der Waals surface area contributed by atoms with E-state index < -0.39 is 39.6 Å². The minimum Gasteiger partial charge on any atom is -0.747 e. The number of nitrogens with zero attached hydrogens (tertiary/aromatic N) is 1. The van der Waals surface area contributed by atoms with Crippen molar-refractivity contribution in [3.05, 3.63) is 11.6 Å². The summed E-state index contributed by atoms with van der Waals surface area (Å²) < 4.78 is 82.9. The van der Waals surface area contributed by atoms with Gasteiger partial charge in [-0.05, 0) is 95.8 Å². The number of carbonyl (C=O) groups excluding carboxylic acids is 8. The molecule has 22 nitrogen and oxygen atoms in total. The summed E-state index contributed by atoms with van der Waals surface area (Å²) >= 11 is 19.4. The van der Waals surface area contributed by atoms with E-state index in [4.69, 9.17) is 43.7 Å². The number of aliphatic hydroxyl groups excluding tert-OH is 6. The van der Waals surface area contributed by atoms with Crippen LogP contribution in [0, 0.1) is 5.92 Å². The second-order valence-electron chi connectivity index (χ2n) is 18.8. The molecule has 0 spiro atoms. The number of halogens is 6. The van der Waals surface area contributed by atoms with E-state index in [0.717, 1.165) is 85.9 Å². The number of hydrogen-bond donors (Lipinski definition) is 9. The first-order valence-corrected chi connectivity index (χ1v) is 60.8. The molecule has 1 heterocycles. The van der Waals surface area contributed by atoms with Crippen molar-refractivity contribution in [1.82, 2.24) is 21.0 Å². The van der Waals surface area contributed by atoms with Gasteiger partial charge in [-0.25, -0.2) is 13.2 Å². The van der Waals surface area contributed by atoms with Gasteiger partial charge >= 0.3 is 86.0 Å². The Bertz CT molecular complexity index is 1810. The smallest absolute Gasteiger partial charge is 0.747 e. The van der Waals surface area contributed by atoms with Crippen molar-refractivity contribution in [2.24, 2.45) is 5.92 Å². The molecule has 0 saturated carbocycles. The first-order valence-electron chi connectivity index (χ1n) is 37.2. The predicted molar refractivity (Wildman–Crippen MR) is 480 cm³/mol. The van der Waals surface area contributed by atoms with Crippen LogP contribution in [0.15, 0.2) is 11.6 Å². The van der Waals surface area contributed by atoms with Crippen LogP contribution in [-0.4, -0.2) is 234 Å². The SMILES string of the molecule is CC.CC.CC(C)=CC(C)C.CSCCO.CSCCO.CSCCO.CSCCO.CSCCO.CSCCO.I.II.I[I-]I.[3H]CNC(=O)CCCCCCC(=O)CC.[3H]CNC(=O)CCCCCCC(=O)CC.[3H]CNC(=O)CCCCCCC(=O)ON1C(=O)CC(S(=O)(=O)[O-])C1=O.[3H][3H].[3H][3H].[3H][3H].[Na+]. The summed E-state index contributed by atoms with van der Waals surface area (Å²) in [5.41, 5.74) is 1.41. The Labute approximate surface area is 740 Å². The second kappa shape index (κ2) is 129. The topological polar surface area (TPSA) is 364 Å². The van der Waals surface area contributed by atoms with Crippen LogP contribution in [0.25, 0.3) is 0 Å². The maximum Gasteiger partial charge on any atom is 1.00 e. The second-order valence-corrected chi connectivity index (χ2v) is 42.6. The van der Waals surface area contributed by atoms with Crippen LogP contribution in [0.1, 0.15) is 217 Å². The fourth-order valence-electron chi connectivity index (χ4n) is 5.72. The molecule has 0 aromatic heterocycles. The molecule has 1 saturated heterocycles. The number of nitrogens with one attached hydrogen (secondary N) is 3. The van der Waals surface area contributed by atoms with Gasteiger partial charge in [-0.3, -0.25) is 33.6 Å². The Balaban J connectivity index is -0.0000000546. The van der Waals surface area contributed by atoms with Crippen molar-refractivity contribution in [3.8, 4) is 0 Å². The van der Waals surface area contributed by atoms with Crippen molar-refractivity contribution >= 4 is 226 Å². The Hall–Kier alpha value is 3.25. The minimum atomic E-state index is -4.99. The fourth-order valence-corrected chi connectivity index (χ4v) is 7.50. The number of aliphatic hydroxyl groups is 6. The van der Waals surface area contributed by atoms with Crippen molar-refractivity contribution < 1.29 is 143 Å². The fraction of sp³-hybridized carbons (Fsp3) is 0.844. The zero-order valence-electron chi connectivity index (χ0n) is 72.4. The number of imide groups is 1. The van der Waals surface area contributed by atoms with Crippen LogP contribution in [0.2, 0.25) is 0 Å². The molecule has 36 heteroatoms. The van der Waals surface area contributed by atoms with Crippen LogP contribution < -0.4 is 58.8 Å². The molecule has 1 unspecified atom stereocenters. The number of hydroxylamine groups is 2. The standard InChI is InChI=1S/C13H20N2O8S.2C11H21NO2.C7H14.6C3H8OS.2C2H6.I3.I2.HI.Na.3H2/c1-14-10(16)6-4-2-3-5-7-12(18)23-15-11(17)8-9(13(15)19)24(20,21)22;2*1-3-10(13)8-6-4-5-7-9-11(14)12-2;1-6(2)5-7(3)4;6*1-5-3-2-4;2*1-2;1-3-2;1-2;;;;;/h9H,2-8H2,1H3,(H,14,16)(H,20,21,22);2*3-9H2,1-2H3,(H,12,14);5-6H,1-4H3;6*4H,2-3H2,1H3;2*1-2H3;;;1H;;3*1H/q;;;;;;;;;;;;-1;;;+1;;;/p-1/i1T;2*2T;;;;;;;;;;;;;;3*1+2T. The third-order valence-electron chi connectivity index (χ3n) is 10.2. The van der Waals surface area contributed by atoms with Gasteiger partial charge in [-0.2, -0.15) is 70.6 Å². The molecule has 0 aromatic carbocycles. The summed E-state index contributed by atoms with van der Waals surface area (Å²) in [5, 5.41) is 53.5. The number of carbonyl (C=O) groups is 8. The third kappa shape index (κ3) is 150. The molecule has 100 heavy (non-hydrogen) atoms. The average Bonchev–Trinajstić information content (AvgIpc) is 1.66. The summed E-state index contributed by atoms with van der Waals surface area (Å²) in [6.45, 7) is 22.2. The molecule has 5 amide bonds. The van der Waals surface area contributed by atoms with Gasteiger partial charge in [0.25, 0.3) is 11.8 Å². The summed E-state index contributed by atoms with van der Waals surface area (Å²) in [6.07, 6.45) is 26.8. The number of Topliss-reactive ketones (excluding diaryl/α,β-unsaturated/α-hetero) is 2. The van der Waals surface area contributed by atoms with Crippen molar-refractivity contribution in [1.29, 1.82) is 0 Å².